The summed E-state index contributed by atoms with van der Waals surface area (Å²) in [5, 5.41) is 47.3. The fourth-order valence-electron chi connectivity index (χ4n) is 7.41. The molecule has 6 rings (SSSR count). The van der Waals surface area contributed by atoms with Crippen LogP contribution in [0.2, 0.25) is 0 Å². The first-order valence-electron chi connectivity index (χ1n) is 24.7. The van der Waals surface area contributed by atoms with Gasteiger partial charge in [-0.15, -0.1) is 0 Å². The molecule has 0 amide bonds. The maximum atomic E-state index is 13.5. The van der Waals surface area contributed by atoms with Crippen molar-refractivity contribution in [3.8, 4) is 0 Å². The van der Waals surface area contributed by atoms with Crippen LogP contribution < -0.4 is 20.4 Å². The highest BCUT2D eigenvalue weighted by Gasteiger charge is 2.23. The first-order chi connectivity index (χ1) is 36.6. The number of benzene rings is 4. The van der Waals surface area contributed by atoms with Crippen LogP contribution in [0.25, 0.3) is 12.2 Å². The Kier molecular flexibility index (Phi) is 24.9. The second-order valence-corrected chi connectivity index (χ2v) is 20.6. The van der Waals surface area contributed by atoms with Gasteiger partial charge in [-0.2, -0.15) is 46.7 Å². The third-order valence-corrected chi connectivity index (χ3v) is 12.4. The van der Waals surface area contributed by atoms with Crippen molar-refractivity contribution in [1.29, 1.82) is 0 Å². The number of carbonyl (C=O) groups excluding carboxylic acids is 1. The standard InChI is InChI=1S/C48H58N10O10S2.C3H6O2.C2H6/c1-31(59)26-57(27-32(2)60)47-53-43(22-35-12-8-6-9-13-35)51-45(55-47)49-40-20-18-37(39(24-40)30-69(63,64)65)16-17-38-19-21-41(25-42(38)70(66,67)68-5)50-46-52-44(23-36-14-10-7-11-15-36)54-48(56-46)58(28-33(3)61)29-34(4)62;1-2-5-3-4;1-2/h6-21,24-25,31-34,59-62H,22-23,26-30H2,1-5H3,(H,63,64,65)(H,49,51,53,55)(H,50,52,54,56);3H,2H2,1H3;1-2H3/b17-16+;;. The zero-order chi connectivity index (χ0) is 56.7. The number of aliphatic hydroxyl groups excluding tert-OH is 4. The zero-order valence-electron chi connectivity index (χ0n) is 44.4. The predicted molar refractivity (Wildman–Crippen MR) is 296 cm³/mol. The molecule has 24 heteroatoms. The fraction of sp³-hybridized carbons (Fsp3) is 0.377. The van der Waals surface area contributed by atoms with E-state index in [0.29, 0.717) is 48.8 Å². The van der Waals surface area contributed by atoms with Crippen molar-refractivity contribution in [2.45, 2.75) is 96.4 Å². The molecule has 4 aromatic carbocycles. The number of aliphatic hydroxyl groups is 4. The summed E-state index contributed by atoms with van der Waals surface area (Å²) in [6.07, 6.45) is 0.435. The van der Waals surface area contributed by atoms with Gasteiger partial charge < -0.3 is 45.6 Å². The average Bonchev–Trinajstić information content (AvgIpc) is 3.37. The number of nitrogens with zero attached hydrogens (tertiary/aromatic N) is 8. The number of rotatable bonds is 26. The molecule has 0 bridgehead atoms. The molecule has 0 radical (unpaired) electrons. The molecular weight excluding hydrogens is 1030 g/mol. The van der Waals surface area contributed by atoms with Gasteiger partial charge in [-0.3, -0.25) is 13.5 Å². The molecule has 0 fully saturated rings. The minimum absolute atomic E-state index is 0.0578. The summed E-state index contributed by atoms with van der Waals surface area (Å²) < 4.78 is 70.8. The number of hydrogen-bond donors (Lipinski definition) is 7. The van der Waals surface area contributed by atoms with E-state index in [2.05, 4.69) is 45.3 Å². The summed E-state index contributed by atoms with van der Waals surface area (Å²) in [4.78, 5) is 39.9. The topological polar surface area (TPSA) is 313 Å². The van der Waals surface area contributed by atoms with Crippen molar-refractivity contribution < 1.29 is 55.5 Å². The lowest BCUT2D eigenvalue weighted by atomic mass is 10.1. The number of aromatic nitrogens is 6. The maximum absolute atomic E-state index is 13.5. The highest BCUT2D eigenvalue weighted by atomic mass is 32.2. The summed E-state index contributed by atoms with van der Waals surface area (Å²) in [6, 6.07) is 28.1. The molecule has 4 unspecified atom stereocenters. The molecule has 0 aliphatic heterocycles. The SMILES string of the molecule is CC.CCOC=O.COS(=O)(=O)c1cc(Nc2nc(Cc3ccccc3)nc(N(CC(C)O)CC(C)O)n2)ccc1/C=C/c1ccc(Nc2nc(Cc3ccccc3)nc(N(CC(C)O)CC(C)O)n2)cc1CS(=O)(=O)O. The maximum Gasteiger partial charge on any atom is 0.297 e. The molecule has 2 aromatic heterocycles. The molecule has 0 saturated heterocycles. The van der Waals surface area contributed by atoms with E-state index in [9.17, 15) is 46.6 Å². The number of hydrogen-bond acceptors (Lipinski definition) is 21. The van der Waals surface area contributed by atoms with Gasteiger partial charge >= 0.3 is 0 Å². The van der Waals surface area contributed by atoms with E-state index in [0.717, 1.165) is 18.2 Å². The highest BCUT2D eigenvalue weighted by molar-refractivity contribution is 7.86. The van der Waals surface area contributed by atoms with Crippen LogP contribution in [0.15, 0.2) is 102 Å². The van der Waals surface area contributed by atoms with E-state index in [4.69, 9.17) is 4.18 Å². The van der Waals surface area contributed by atoms with E-state index >= 15 is 0 Å². The van der Waals surface area contributed by atoms with Gasteiger partial charge in [0.05, 0.1) is 38.1 Å². The number of carbonyl (C=O) groups is 1. The van der Waals surface area contributed by atoms with Crippen LogP contribution in [0.1, 0.15) is 87.9 Å². The van der Waals surface area contributed by atoms with Crippen LogP contribution in [0.5, 0.6) is 0 Å². The highest BCUT2D eigenvalue weighted by Crippen LogP contribution is 2.29. The molecule has 0 spiro atoms. The van der Waals surface area contributed by atoms with Gasteiger partial charge in [0.1, 0.15) is 22.3 Å². The molecule has 0 aliphatic rings. The molecule has 4 atom stereocenters. The normalized spacial score (nSPS) is 12.9. The van der Waals surface area contributed by atoms with Crippen molar-refractivity contribution in [3.63, 3.8) is 0 Å². The minimum Gasteiger partial charge on any atom is -0.468 e. The third-order valence-electron chi connectivity index (χ3n) is 10.4. The van der Waals surface area contributed by atoms with Gasteiger partial charge in [-0.05, 0) is 86.7 Å². The Bertz CT molecular complexity index is 3030. The Balaban J connectivity index is 0.00000173. The van der Waals surface area contributed by atoms with E-state index in [1.807, 2.05) is 74.5 Å². The van der Waals surface area contributed by atoms with Gasteiger partial charge in [-0.1, -0.05) is 98.8 Å². The molecule has 0 aliphatic carbocycles. The Morgan fingerprint density at radius 2 is 1.01 bits per heavy atom. The first kappa shape index (κ1) is 62.5. The Labute approximate surface area is 450 Å². The lowest BCUT2D eigenvalue weighted by molar-refractivity contribution is -0.128. The van der Waals surface area contributed by atoms with Gasteiger partial charge in [0, 0.05) is 50.4 Å². The smallest absolute Gasteiger partial charge is 0.297 e. The quantitative estimate of drug-likeness (QED) is 0.0143. The van der Waals surface area contributed by atoms with E-state index in [1.54, 1.807) is 62.6 Å². The second kappa shape index (κ2) is 30.6. The second-order valence-electron chi connectivity index (χ2n) is 17.4. The lowest BCUT2D eigenvalue weighted by Gasteiger charge is -2.26. The van der Waals surface area contributed by atoms with Crippen LogP contribution in [-0.4, -0.2) is 143 Å². The van der Waals surface area contributed by atoms with Gasteiger partial charge in [0.25, 0.3) is 26.7 Å². The fourth-order valence-corrected chi connectivity index (χ4v) is 8.92. The lowest BCUT2D eigenvalue weighted by Crippen LogP contribution is -2.38. The number of ether oxygens (including phenoxy) is 1. The van der Waals surface area contributed by atoms with Crippen molar-refractivity contribution in [2.24, 2.45) is 0 Å². The molecule has 77 heavy (non-hydrogen) atoms. The molecule has 7 N–H and O–H groups in total. The van der Waals surface area contributed by atoms with Crippen LogP contribution in [0.4, 0.5) is 35.2 Å². The van der Waals surface area contributed by atoms with Gasteiger partial charge in [0.2, 0.25) is 23.8 Å². The summed E-state index contributed by atoms with van der Waals surface area (Å²) in [5.41, 5.74) is 3.03. The van der Waals surface area contributed by atoms with E-state index in [-0.39, 0.29) is 71.7 Å². The Hall–Kier alpha value is -7.03. The predicted octanol–water partition coefficient (Wildman–Crippen LogP) is 5.96. The van der Waals surface area contributed by atoms with Crippen LogP contribution >= 0.6 is 0 Å². The Morgan fingerprint density at radius 3 is 1.39 bits per heavy atom. The number of anilines is 6. The number of nitrogens with one attached hydrogen (secondary N) is 2. The molecule has 6 aromatic rings. The molecule has 416 valence electrons. The van der Waals surface area contributed by atoms with Crippen molar-refractivity contribution >= 4 is 74.0 Å². The summed E-state index contributed by atoms with van der Waals surface area (Å²) in [7, 11) is -7.95. The molecule has 0 saturated carbocycles. The van der Waals surface area contributed by atoms with Crippen LogP contribution in [0.3, 0.4) is 0 Å². The van der Waals surface area contributed by atoms with Crippen LogP contribution in [0, 0.1) is 0 Å². The minimum atomic E-state index is -4.59. The van der Waals surface area contributed by atoms with E-state index in [1.165, 1.54) is 30.4 Å². The first-order valence-corrected chi connectivity index (χ1v) is 27.7. The van der Waals surface area contributed by atoms with Crippen molar-refractivity contribution in [3.05, 3.63) is 137 Å². The van der Waals surface area contributed by atoms with E-state index < -0.39 is 50.4 Å². The van der Waals surface area contributed by atoms with Gasteiger partial charge in [-0.25, -0.2) is 0 Å². The Morgan fingerprint density at radius 1 is 0.597 bits per heavy atom. The molecule has 2 heterocycles. The van der Waals surface area contributed by atoms with Crippen LogP contribution in [-0.2, 0) is 52.5 Å². The monoisotopic (exact) mass is 1100 g/mol. The largest absolute Gasteiger partial charge is 0.468 e. The van der Waals surface area contributed by atoms with Crippen molar-refractivity contribution in [1.82, 2.24) is 29.9 Å². The average molecular weight is 1100 g/mol. The summed E-state index contributed by atoms with van der Waals surface area (Å²) in [5.74, 6) is 0.431. The molecule has 22 nitrogen and oxygen atoms in total. The third kappa shape index (κ3) is 21.5. The van der Waals surface area contributed by atoms with Crippen molar-refractivity contribution in [2.75, 3.05) is 60.3 Å². The van der Waals surface area contributed by atoms with Gasteiger partial charge in [0.15, 0.2) is 0 Å². The summed E-state index contributed by atoms with van der Waals surface area (Å²) >= 11 is 0. The zero-order valence-corrected chi connectivity index (χ0v) is 46.1. The molecular formula is C53H70N10O12S2. The summed E-state index contributed by atoms with van der Waals surface area (Å²) in [6.45, 7) is 13.5.